The molecular weight excluding hydrogens is 998 g/mol. The standard InChI is InChI=1S/C39H60N6O25.2Na/c1-12(48)43-19-27(21(51)16(9-46)64-36(19)63-4)66-39-26(56)24(54)30(32(70-39)35(60)61)68-37-20(44-13(2)49)28(22(52)17(10-47)65-37)67-38-25(55)23(53)29(62-3)31(69-38)33(57)41-6-5-18(50)45-15(34(58)59)7-14-8-40-11-42-14;;/h8,11,15-17,19-32,36-39,46-47,51-56H,5-7,9-10H2,1-4H3,(H,40,42)(H,41,57)(H,43,48)(H,44,49)(H,45,50)(H,58,59)(H,60,61);;/q;2*+1/p-1/t15-,16?,17?,19-,20-,21+,22+,23-,24+,25-,26-,27+,28+,29-,30-,31?,32?,36?,37?,38?,39?;;/m0../s1. The number of carbonyl (C=O) groups is 6. The van der Waals surface area contributed by atoms with Gasteiger partial charge >= 0.3 is 65.1 Å². The zero-order valence-electron chi connectivity index (χ0n) is 39.8. The van der Waals surface area contributed by atoms with Crippen LogP contribution in [0.3, 0.4) is 0 Å². The van der Waals surface area contributed by atoms with E-state index < -0.39 is 190 Å². The fraction of sp³-hybridized carbons (Fsp3) is 0.769. The largest absolute Gasteiger partial charge is 1.00 e. The van der Waals surface area contributed by atoms with Crippen molar-refractivity contribution in [2.45, 2.75) is 155 Å². The summed E-state index contributed by atoms with van der Waals surface area (Å²) in [6.45, 7) is -0.183. The Kier molecular flexibility index (Phi) is 25.7. The van der Waals surface area contributed by atoms with E-state index in [1.807, 2.05) is 0 Å². The summed E-state index contributed by atoms with van der Waals surface area (Å²) in [4.78, 5) is 81.7. The Labute approximate surface area is 453 Å². The van der Waals surface area contributed by atoms with Gasteiger partial charge in [-0.25, -0.2) is 9.78 Å². The van der Waals surface area contributed by atoms with Gasteiger partial charge in [-0.3, -0.25) is 19.2 Å². The summed E-state index contributed by atoms with van der Waals surface area (Å²) in [5.41, 5.74) is 0.380. The maximum absolute atomic E-state index is 13.5. The van der Waals surface area contributed by atoms with Crippen molar-refractivity contribution in [1.82, 2.24) is 31.2 Å². The minimum absolute atomic E-state index is 0. The van der Waals surface area contributed by atoms with Crippen molar-refractivity contribution in [2.24, 2.45) is 0 Å². The molecule has 0 bridgehead atoms. The molecule has 14 N–H and O–H groups in total. The van der Waals surface area contributed by atoms with Gasteiger partial charge in [0.2, 0.25) is 17.7 Å². The fourth-order valence-corrected chi connectivity index (χ4v) is 8.22. The number of methoxy groups -OCH3 is 2. The number of aromatic amines is 1. The number of hydrogen-bond donors (Lipinski definition) is 14. The molecule has 396 valence electrons. The van der Waals surface area contributed by atoms with E-state index in [-0.39, 0.29) is 65.5 Å². The van der Waals surface area contributed by atoms with Gasteiger partial charge in [0.25, 0.3) is 5.91 Å². The Morgan fingerprint density at radius 2 is 1.19 bits per heavy atom. The van der Waals surface area contributed by atoms with Gasteiger partial charge < -0.3 is 125 Å². The summed E-state index contributed by atoms with van der Waals surface area (Å²) in [5.74, 6) is -6.88. The van der Waals surface area contributed by atoms with Gasteiger partial charge in [-0.1, -0.05) is 0 Å². The number of aromatic nitrogens is 2. The van der Waals surface area contributed by atoms with E-state index >= 15 is 0 Å². The second kappa shape index (κ2) is 29.0. The van der Waals surface area contributed by atoms with Crippen LogP contribution in [0.5, 0.6) is 0 Å². The molecule has 0 saturated carbocycles. The molecule has 8 unspecified atom stereocenters. The van der Waals surface area contributed by atoms with Gasteiger partial charge in [0.1, 0.15) is 85.3 Å². The molecule has 5 heterocycles. The second-order valence-corrected chi connectivity index (χ2v) is 16.5. The smallest absolute Gasteiger partial charge is 0.548 e. The van der Waals surface area contributed by atoms with Crippen molar-refractivity contribution in [2.75, 3.05) is 34.0 Å². The van der Waals surface area contributed by atoms with Crippen molar-refractivity contribution >= 4 is 35.6 Å². The number of carbonyl (C=O) groups excluding carboxylic acids is 5. The van der Waals surface area contributed by atoms with E-state index in [4.69, 9.17) is 42.6 Å². The SMILES string of the molecule is COC1OC(CO)[C@@H](O)[C@H](OC2OC(C(=O)O)[C@@H](OC3OC(CO)[C@@H](O)[C@H](OC4OC(C(=O)NCCC(=O)N[C@@H](Cc5cnc[nH]5)C(=O)[O-])[C@@H](OC)[C@@H](O)[C@@H]4O)[C@@H]3NC(C)=O)[C@H](O)[C@@H]2O)[C@@H]1NC(C)=O.[Na+].[Na+]. The molecule has 21 atom stereocenters. The predicted molar refractivity (Wildman–Crippen MR) is 217 cm³/mol. The number of aliphatic hydroxyl groups excluding tert-OH is 8. The first-order valence-electron chi connectivity index (χ1n) is 21.6. The quantitative estimate of drug-likeness (QED) is 0.0508. The molecule has 31 nitrogen and oxygen atoms in total. The monoisotopic (exact) mass is 1060 g/mol. The summed E-state index contributed by atoms with van der Waals surface area (Å²) in [6.07, 6.45) is -32.8. The molecule has 4 amide bonds. The third-order valence-electron chi connectivity index (χ3n) is 11.7. The summed E-state index contributed by atoms with van der Waals surface area (Å²) in [5, 5.41) is 119. The molecule has 0 radical (unpaired) electrons. The van der Waals surface area contributed by atoms with Crippen LogP contribution in [0, 0.1) is 0 Å². The van der Waals surface area contributed by atoms with Gasteiger partial charge in [0.05, 0.1) is 31.6 Å². The number of carboxylic acids is 2. The molecule has 72 heavy (non-hydrogen) atoms. The van der Waals surface area contributed by atoms with Crippen LogP contribution in [0.15, 0.2) is 12.5 Å². The van der Waals surface area contributed by atoms with Crippen LogP contribution in [-0.4, -0.2) is 254 Å². The molecule has 4 saturated heterocycles. The van der Waals surface area contributed by atoms with Gasteiger partial charge in [0.15, 0.2) is 37.4 Å². The number of rotatable bonds is 21. The zero-order valence-corrected chi connectivity index (χ0v) is 43.8. The maximum atomic E-state index is 13.5. The number of nitrogens with one attached hydrogen (secondary N) is 5. The Morgan fingerprint density at radius 3 is 1.65 bits per heavy atom. The van der Waals surface area contributed by atoms with Crippen LogP contribution in [0.25, 0.3) is 0 Å². The van der Waals surface area contributed by atoms with Crippen molar-refractivity contribution in [3.8, 4) is 0 Å². The molecular formula is C39H59N6Na2O25+. The van der Waals surface area contributed by atoms with E-state index in [0.717, 1.165) is 21.0 Å². The predicted octanol–water partition coefficient (Wildman–Crippen LogP) is -16.3. The number of aliphatic carboxylic acids is 2. The topological polar surface area (TPSA) is 467 Å². The van der Waals surface area contributed by atoms with E-state index in [0.29, 0.717) is 5.69 Å². The van der Waals surface area contributed by atoms with Gasteiger partial charge in [-0.2, -0.15) is 0 Å². The summed E-state index contributed by atoms with van der Waals surface area (Å²) in [7, 11) is 2.22. The Morgan fingerprint density at radius 1 is 0.694 bits per heavy atom. The Hall–Kier alpha value is -2.65. The number of imidazole rings is 1. The summed E-state index contributed by atoms with van der Waals surface area (Å²) >= 11 is 0. The molecule has 33 heteroatoms. The average Bonchev–Trinajstić information content (AvgIpc) is 3.83. The Bertz CT molecular complexity index is 1930. The van der Waals surface area contributed by atoms with E-state index in [9.17, 15) is 79.8 Å². The molecule has 4 aliphatic heterocycles. The van der Waals surface area contributed by atoms with Gasteiger partial charge in [0, 0.05) is 59.3 Å². The molecule has 4 fully saturated rings. The summed E-state index contributed by atoms with van der Waals surface area (Å²) < 4.78 is 50.5. The molecule has 0 aromatic carbocycles. The number of ether oxygens (including phenoxy) is 9. The number of H-pyrrole nitrogens is 1. The van der Waals surface area contributed by atoms with Crippen molar-refractivity contribution < 1.29 is 182 Å². The van der Waals surface area contributed by atoms with E-state index in [2.05, 4.69) is 31.2 Å². The average molecular weight is 1060 g/mol. The number of hydrogen-bond acceptors (Lipinski definition) is 25. The minimum Gasteiger partial charge on any atom is -0.548 e. The molecule has 1 aromatic heterocycles. The second-order valence-electron chi connectivity index (χ2n) is 16.5. The van der Waals surface area contributed by atoms with Crippen molar-refractivity contribution in [1.29, 1.82) is 0 Å². The van der Waals surface area contributed by atoms with Crippen LogP contribution in [0.1, 0.15) is 26.0 Å². The maximum Gasteiger partial charge on any atom is 1.00 e. The number of amides is 4. The third-order valence-corrected chi connectivity index (χ3v) is 11.7. The van der Waals surface area contributed by atoms with Gasteiger partial charge in [-0.05, 0) is 0 Å². The number of aliphatic hydroxyl groups is 8. The van der Waals surface area contributed by atoms with Crippen LogP contribution in [0.2, 0.25) is 0 Å². The fourth-order valence-electron chi connectivity index (χ4n) is 8.22. The summed E-state index contributed by atoms with van der Waals surface area (Å²) in [6, 6.07) is -4.66. The number of carboxylic acid groups (broad SMARTS) is 2. The Balaban J connectivity index is 0.00000684. The minimum atomic E-state index is -2.31. The van der Waals surface area contributed by atoms with Crippen LogP contribution < -0.4 is 85.5 Å². The molecule has 5 rings (SSSR count). The third kappa shape index (κ3) is 15.5. The first-order chi connectivity index (χ1) is 33.1. The van der Waals surface area contributed by atoms with Crippen molar-refractivity contribution in [3.05, 3.63) is 18.2 Å². The number of nitrogens with zero attached hydrogens (tertiary/aromatic N) is 1. The zero-order chi connectivity index (χ0) is 51.7. The van der Waals surface area contributed by atoms with E-state index in [1.54, 1.807) is 0 Å². The van der Waals surface area contributed by atoms with Crippen LogP contribution in [-0.2, 0) is 77.8 Å². The van der Waals surface area contributed by atoms with E-state index in [1.165, 1.54) is 19.6 Å². The van der Waals surface area contributed by atoms with Crippen molar-refractivity contribution in [3.63, 3.8) is 0 Å². The normalized spacial score (nSPS) is 37.1. The first kappa shape index (κ1) is 63.6. The molecule has 4 aliphatic rings. The molecule has 0 aliphatic carbocycles. The molecule has 0 spiro atoms. The van der Waals surface area contributed by atoms with Gasteiger partial charge in [-0.15, -0.1) is 0 Å². The first-order valence-corrected chi connectivity index (χ1v) is 21.6. The van der Waals surface area contributed by atoms with Crippen LogP contribution >= 0.6 is 0 Å². The molecule has 1 aromatic rings. The van der Waals surface area contributed by atoms with Crippen LogP contribution in [0.4, 0.5) is 0 Å².